The fourth-order valence-electron chi connectivity index (χ4n) is 2.39. The van der Waals surface area contributed by atoms with Crippen molar-refractivity contribution >= 4 is 34.1 Å². The molecule has 3 rings (SSSR count). The predicted molar refractivity (Wildman–Crippen MR) is 83.9 cm³/mol. The van der Waals surface area contributed by atoms with Gasteiger partial charge in [-0.1, -0.05) is 23.7 Å². The van der Waals surface area contributed by atoms with Crippen LogP contribution in [0.15, 0.2) is 42.5 Å². The summed E-state index contributed by atoms with van der Waals surface area (Å²) in [6.45, 7) is 0. The molecule has 22 heavy (non-hydrogen) atoms. The Morgan fingerprint density at radius 2 is 1.86 bits per heavy atom. The van der Waals surface area contributed by atoms with Crippen molar-refractivity contribution in [2.45, 2.75) is 0 Å². The summed E-state index contributed by atoms with van der Waals surface area (Å²) in [5.74, 6) is -0.635. The second kappa shape index (κ2) is 5.16. The molecule has 0 aliphatic rings. The number of primary amides is 1. The first-order chi connectivity index (χ1) is 10.5. The molecule has 0 aliphatic heterocycles. The van der Waals surface area contributed by atoms with Gasteiger partial charge in [0.25, 0.3) is 11.6 Å². The van der Waals surface area contributed by atoms with Crippen LogP contribution in [0.5, 0.6) is 0 Å². The maximum Gasteiger partial charge on any atom is 0.270 e. The Morgan fingerprint density at radius 3 is 2.45 bits per heavy atom. The number of benzene rings is 2. The first-order valence-electron chi connectivity index (χ1n) is 6.33. The second-order valence-electron chi connectivity index (χ2n) is 4.73. The summed E-state index contributed by atoms with van der Waals surface area (Å²) in [5.41, 5.74) is 7.39. The number of rotatable bonds is 3. The van der Waals surface area contributed by atoms with E-state index in [1.165, 1.54) is 12.1 Å². The van der Waals surface area contributed by atoms with Crippen molar-refractivity contribution < 1.29 is 9.72 Å². The van der Waals surface area contributed by atoms with Crippen molar-refractivity contribution in [3.8, 4) is 11.1 Å². The quantitative estimate of drug-likeness (QED) is 0.571. The summed E-state index contributed by atoms with van der Waals surface area (Å²) in [6.07, 6.45) is 0. The summed E-state index contributed by atoms with van der Waals surface area (Å²) < 4.78 is 0. The number of nitrogens with zero attached hydrogens (tertiary/aromatic N) is 1. The van der Waals surface area contributed by atoms with Crippen LogP contribution in [0.1, 0.15) is 10.5 Å². The van der Waals surface area contributed by atoms with Crippen LogP contribution < -0.4 is 5.73 Å². The molecule has 2 aromatic carbocycles. The Bertz CT molecular complexity index is 900. The van der Waals surface area contributed by atoms with E-state index in [1.54, 1.807) is 30.3 Å². The smallest absolute Gasteiger partial charge is 0.270 e. The number of hydrogen-bond acceptors (Lipinski definition) is 3. The number of aromatic amines is 1. The summed E-state index contributed by atoms with van der Waals surface area (Å²) in [6, 6.07) is 11.2. The van der Waals surface area contributed by atoms with Crippen molar-refractivity contribution in [1.82, 2.24) is 4.98 Å². The third-order valence-electron chi connectivity index (χ3n) is 3.37. The highest BCUT2D eigenvalue weighted by Gasteiger charge is 2.19. The zero-order valence-electron chi connectivity index (χ0n) is 11.2. The normalized spacial score (nSPS) is 10.8. The third kappa shape index (κ3) is 2.29. The number of amides is 1. The molecule has 0 saturated heterocycles. The summed E-state index contributed by atoms with van der Waals surface area (Å²) >= 11 is 5.87. The van der Waals surface area contributed by atoms with Crippen LogP contribution in [0, 0.1) is 10.1 Å². The lowest BCUT2D eigenvalue weighted by atomic mass is 10.0. The minimum atomic E-state index is -0.635. The van der Waals surface area contributed by atoms with Gasteiger partial charge in [0.05, 0.1) is 4.92 Å². The molecule has 1 amide bonds. The van der Waals surface area contributed by atoms with Crippen LogP contribution in [-0.4, -0.2) is 15.8 Å². The van der Waals surface area contributed by atoms with Crippen LogP contribution in [-0.2, 0) is 0 Å². The molecule has 0 fully saturated rings. The molecule has 110 valence electrons. The number of non-ortho nitro benzene ring substituents is 1. The lowest BCUT2D eigenvalue weighted by Crippen LogP contribution is -2.12. The molecule has 0 saturated carbocycles. The minimum absolute atomic E-state index is 0.0577. The number of H-pyrrole nitrogens is 1. The third-order valence-corrected chi connectivity index (χ3v) is 3.62. The van der Waals surface area contributed by atoms with Gasteiger partial charge < -0.3 is 10.7 Å². The predicted octanol–water partition coefficient (Wildman–Crippen LogP) is 3.50. The molecular weight excluding hydrogens is 306 g/mol. The van der Waals surface area contributed by atoms with Gasteiger partial charge in [0.1, 0.15) is 5.69 Å². The van der Waals surface area contributed by atoms with Crippen molar-refractivity contribution in [1.29, 1.82) is 0 Å². The number of fused-ring (bicyclic) bond motifs is 1. The van der Waals surface area contributed by atoms with Crippen LogP contribution in [0.2, 0.25) is 5.02 Å². The van der Waals surface area contributed by atoms with Crippen molar-refractivity contribution in [3.63, 3.8) is 0 Å². The van der Waals surface area contributed by atoms with E-state index in [2.05, 4.69) is 4.98 Å². The van der Waals surface area contributed by atoms with E-state index in [0.717, 1.165) is 0 Å². The molecule has 0 atom stereocenters. The molecule has 0 spiro atoms. The number of hydrogen-bond donors (Lipinski definition) is 2. The second-order valence-corrected chi connectivity index (χ2v) is 5.17. The van der Waals surface area contributed by atoms with Gasteiger partial charge in [-0.25, -0.2) is 0 Å². The largest absolute Gasteiger partial charge is 0.364 e. The van der Waals surface area contributed by atoms with E-state index < -0.39 is 10.8 Å². The molecule has 1 heterocycles. The molecule has 0 radical (unpaired) electrons. The Balaban J connectivity index is 2.35. The van der Waals surface area contributed by atoms with Gasteiger partial charge in [0, 0.05) is 33.6 Å². The summed E-state index contributed by atoms with van der Waals surface area (Å²) in [5, 5.41) is 12.1. The molecule has 3 aromatic rings. The average Bonchev–Trinajstić information content (AvgIpc) is 2.86. The lowest BCUT2D eigenvalue weighted by molar-refractivity contribution is -0.384. The van der Waals surface area contributed by atoms with E-state index in [-0.39, 0.29) is 11.4 Å². The highest BCUT2D eigenvalue weighted by Crippen LogP contribution is 2.34. The fourth-order valence-corrected chi connectivity index (χ4v) is 2.52. The first kappa shape index (κ1) is 14.1. The number of aromatic nitrogens is 1. The standard InChI is InChI=1S/C15H10ClN3O3/c16-9-3-1-8(2-4-9)13-11-7-10(19(21)22)5-6-12(11)18-14(13)15(17)20/h1-7,18H,(H2,17,20). The van der Waals surface area contributed by atoms with E-state index >= 15 is 0 Å². The van der Waals surface area contributed by atoms with Crippen molar-refractivity contribution in [2.75, 3.05) is 0 Å². The zero-order valence-corrected chi connectivity index (χ0v) is 11.9. The number of halogens is 1. The molecule has 6 nitrogen and oxygen atoms in total. The number of nitrogens with one attached hydrogen (secondary N) is 1. The van der Waals surface area contributed by atoms with Crippen LogP contribution in [0.4, 0.5) is 5.69 Å². The van der Waals surface area contributed by atoms with E-state index in [0.29, 0.717) is 27.1 Å². The van der Waals surface area contributed by atoms with Crippen molar-refractivity contribution in [2.24, 2.45) is 5.73 Å². The molecule has 0 aliphatic carbocycles. The van der Waals surface area contributed by atoms with E-state index in [4.69, 9.17) is 17.3 Å². The highest BCUT2D eigenvalue weighted by atomic mass is 35.5. The average molecular weight is 316 g/mol. The minimum Gasteiger partial charge on any atom is -0.364 e. The van der Waals surface area contributed by atoms with E-state index in [1.807, 2.05) is 0 Å². The number of nitrogens with two attached hydrogens (primary N) is 1. The van der Waals surface area contributed by atoms with Gasteiger partial charge in [-0.15, -0.1) is 0 Å². The monoisotopic (exact) mass is 315 g/mol. The van der Waals surface area contributed by atoms with Gasteiger partial charge in [-0.3, -0.25) is 14.9 Å². The van der Waals surface area contributed by atoms with Crippen LogP contribution in [0.3, 0.4) is 0 Å². The van der Waals surface area contributed by atoms with Gasteiger partial charge in [-0.05, 0) is 23.8 Å². The Morgan fingerprint density at radius 1 is 1.18 bits per heavy atom. The molecule has 3 N–H and O–H groups in total. The fraction of sp³-hybridized carbons (Fsp3) is 0. The van der Waals surface area contributed by atoms with Crippen LogP contribution >= 0.6 is 11.6 Å². The topological polar surface area (TPSA) is 102 Å². The van der Waals surface area contributed by atoms with E-state index in [9.17, 15) is 14.9 Å². The number of nitro groups is 1. The lowest BCUT2D eigenvalue weighted by Gasteiger charge is -2.03. The molecule has 7 heteroatoms. The highest BCUT2D eigenvalue weighted by molar-refractivity contribution is 6.30. The maximum absolute atomic E-state index is 11.7. The molecule has 1 aromatic heterocycles. The molecular formula is C15H10ClN3O3. The van der Waals surface area contributed by atoms with Crippen LogP contribution in [0.25, 0.3) is 22.0 Å². The Labute approximate surface area is 129 Å². The Kier molecular flexibility index (Phi) is 3.30. The zero-order chi connectivity index (χ0) is 15.9. The van der Waals surface area contributed by atoms with Gasteiger partial charge in [0.2, 0.25) is 0 Å². The first-order valence-corrected chi connectivity index (χ1v) is 6.71. The van der Waals surface area contributed by atoms with Gasteiger partial charge in [-0.2, -0.15) is 0 Å². The summed E-state index contributed by atoms with van der Waals surface area (Å²) in [7, 11) is 0. The van der Waals surface area contributed by atoms with Gasteiger partial charge in [0.15, 0.2) is 0 Å². The SMILES string of the molecule is NC(=O)c1[nH]c2ccc([N+](=O)[O-])cc2c1-c1ccc(Cl)cc1. The molecule has 0 unspecified atom stereocenters. The Hall–Kier alpha value is -2.86. The van der Waals surface area contributed by atoms with Crippen molar-refractivity contribution in [3.05, 3.63) is 63.3 Å². The maximum atomic E-state index is 11.7. The number of carbonyl (C=O) groups excluding carboxylic acids is 1. The summed E-state index contributed by atoms with van der Waals surface area (Å²) in [4.78, 5) is 25.1. The number of nitro benzene ring substituents is 1. The number of carbonyl (C=O) groups is 1. The molecule has 0 bridgehead atoms. The van der Waals surface area contributed by atoms with Gasteiger partial charge >= 0.3 is 0 Å².